The summed E-state index contributed by atoms with van der Waals surface area (Å²) in [5, 5.41) is 12.3. The molecule has 3 aromatic rings. The monoisotopic (exact) mass is 455 g/mol. The van der Waals surface area contributed by atoms with E-state index in [0.717, 1.165) is 28.4 Å². The number of amides is 1. The van der Waals surface area contributed by atoms with Crippen molar-refractivity contribution in [1.82, 2.24) is 4.98 Å². The van der Waals surface area contributed by atoms with Crippen LogP contribution in [0.2, 0.25) is 0 Å². The lowest BCUT2D eigenvalue weighted by atomic mass is 10.1. The second-order valence-electron chi connectivity index (χ2n) is 6.15. The zero-order valence-corrected chi connectivity index (χ0v) is 16.5. The average Bonchev–Trinajstić information content (AvgIpc) is 3.15. The summed E-state index contributed by atoms with van der Waals surface area (Å²) < 4.78 is 59.0. The fourth-order valence-electron chi connectivity index (χ4n) is 2.64. The van der Waals surface area contributed by atoms with Crippen LogP contribution in [0.3, 0.4) is 0 Å². The molecule has 1 aromatic heterocycles. The molecule has 12 heteroatoms. The van der Waals surface area contributed by atoms with Crippen LogP contribution in [-0.2, 0) is 17.6 Å². The summed E-state index contributed by atoms with van der Waals surface area (Å²) in [6, 6.07) is 7.70. The van der Waals surface area contributed by atoms with Crippen molar-refractivity contribution < 1.29 is 32.0 Å². The first-order valence-corrected chi connectivity index (χ1v) is 9.44. The molecule has 1 heterocycles. The van der Waals surface area contributed by atoms with Crippen LogP contribution in [0.4, 0.5) is 34.1 Å². The number of anilines is 2. The van der Waals surface area contributed by atoms with E-state index in [9.17, 15) is 32.5 Å². The maximum atomic E-state index is 14.1. The van der Waals surface area contributed by atoms with E-state index >= 15 is 0 Å². The number of alkyl halides is 3. The van der Waals surface area contributed by atoms with Crippen molar-refractivity contribution in [2.24, 2.45) is 0 Å². The van der Waals surface area contributed by atoms with Crippen molar-refractivity contribution in [3.63, 3.8) is 0 Å². The van der Waals surface area contributed by atoms with Gasteiger partial charge >= 0.3 is 6.18 Å². The number of carbonyl (C=O) groups excluding carboxylic acids is 1. The molecule has 0 fully saturated rings. The lowest BCUT2D eigenvalue weighted by Crippen LogP contribution is -2.23. The number of ether oxygens (including phenoxy) is 1. The molecule has 2 aromatic carbocycles. The molecule has 0 N–H and O–H groups in total. The van der Waals surface area contributed by atoms with Crippen LogP contribution < -0.4 is 9.64 Å². The molecule has 7 nitrogen and oxygen atoms in total. The number of carbonyl (C=O) groups is 1. The SMILES string of the molecule is CC(=O)N(c1nc(COc2ccc([N+](=O)[O-])cc2C(F)(F)F)cs1)c1ccccc1F. The van der Waals surface area contributed by atoms with Crippen molar-refractivity contribution >= 4 is 33.8 Å². The third-order valence-electron chi connectivity index (χ3n) is 3.99. The molecule has 162 valence electrons. The maximum Gasteiger partial charge on any atom is 0.420 e. The minimum atomic E-state index is -4.87. The highest BCUT2D eigenvalue weighted by atomic mass is 32.1. The van der Waals surface area contributed by atoms with Gasteiger partial charge in [0.2, 0.25) is 5.91 Å². The number of nitrogens with zero attached hydrogens (tertiary/aromatic N) is 3. The van der Waals surface area contributed by atoms with E-state index in [1.807, 2.05) is 0 Å². The zero-order valence-electron chi connectivity index (χ0n) is 15.7. The van der Waals surface area contributed by atoms with E-state index in [4.69, 9.17) is 4.74 Å². The second kappa shape index (κ2) is 8.68. The molecule has 0 bridgehead atoms. The van der Waals surface area contributed by atoms with Crippen LogP contribution >= 0.6 is 11.3 Å². The molecule has 0 saturated carbocycles. The summed E-state index contributed by atoms with van der Waals surface area (Å²) in [6.45, 7) is 0.816. The van der Waals surface area contributed by atoms with Gasteiger partial charge in [0, 0.05) is 24.4 Å². The van der Waals surface area contributed by atoms with Gasteiger partial charge in [0.15, 0.2) is 5.13 Å². The molecule has 31 heavy (non-hydrogen) atoms. The molecule has 0 saturated heterocycles. The van der Waals surface area contributed by atoms with Crippen LogP contribution in [0.15, 0.2) is 47.8 Å². The smallest absolute Gasteiger partial charge is 0.420 e. The molecule has 0 aliphatic heterocycles. The van der Waals surface area contributed by atoms with Gasteiger partial charge in [-0.25, -0.2) is 9.37 Å². The van der Waals surface area contributed by atoms with Crippen molar-refractivity contribution in [1.29, 1.82) is 0 Å². The van der Waals surface area contributed by atoms with Gasteiger partial charge in [-0.3, -0.25) is 19.8 Å². The second-order valence-corrected chi connectivity index (χ2v) is 6.99. The van der Waals surface area contributed by atoms with Crippen molar-refractivity contribution in [3.8, 4) is 5.75 Å². The number of nitro benzene ring substituents is 1. The fourth-order valence-corrected chi connectivity index (χ4v) is 3.50. The zero-order chi connectivity index (χ0) is 22.8. The average molecular weight is 455 g/mol. The first-order valence-electron chi connectivity index (χ1n) is 8.56. The third kappa shape index (κ3) is 4.97. The van der Waals surface area contributed by atoms with Gasteiger partial charge in [0.25, 0.3) is 5.69 Å². The Kier molecular flexibility index (Phi) is 6.20. The van der Waals surface area contributed by atoms with E-state index in [0.29, 0.717) is 6.07 Å². The van der Waals surface area contributed by atoms with Crippen LogP contribution in [0.25, 0.3) is 0 Å². The van der Waals surface area contributed by atoms with Crippen LogP contribution in [0.1, 0.15) is 18.2 Å². The molecule has 1 amide bonds. The summed E-state index contributed by atoms with van der Waals surface area (Å²) in [7, 11) is 0. The fraction of sp³-hybridized carbons (Fsp3) is 0.158. The van der Waals surface area contributed by atoms with E-state index in [1.165, 1.54) is 30.5 Å². The Balaban J connectivity index is 1.84. The molecule has 0 atom stereocenters. The van der Waals surface area contributed by atoms with Gasteiger partial charge in [-0.05, 0) is 18.2 Å². The minimum absolute atomic E-state index is 0.0217. The molecule has 0 aliphatic rings. The first-order chi connectivity index (χ1) is 14.6. The highest BCUT2D eigenvalue weighted by Gasteiger charge is 2.36. The van der Waals surface area contributed by atoms with Crippen molar-refractivity contribution in [2.45, 2.75) is 19.7 Å². The summed E-state index contributed by atoms with van der Waals surface area (Å²) in [5.74, 6) is -1.77. The highest BCUT2D eigenvalue weighted by Crippen LogP contribution is 2.39. The highest BCUT2D eigenvalue weighted by molar-refractivity contribution is 7.14. The predicted molar refractivity (Wildman–Crippen MR) is 104 cm³/mol. The topological polar surface area (TPSA) is 85.6 Å². The van der Waals surface area contributed by atoms with Gasteiger partial charge in [-0.1, -0.05) is 12.1 Å². The lowest BCUT2D eigenvalue weighted by Gasteiger charge is -2.18. The Labute approximate surface area is 176 Å². The number of rotatable bonds is 6. The van der Waals surface area contributed by atoms with Crippen LogP contribution in [-0.4, -0.2) is 15.8 Å². The number of nitro groups is 1. The number of aromatic nitrogens is 1. The number of hydrogen-bond donors (Lipinski definition) is 0. The molecular weight excluding hydrogens is 442 g/mol. The maximum absolute atomic E-state index is 14.1. The Morgan fingerprint density at radius 1 is 1.26 bits per heavy atom. The summed E-state index contributed by atoms with van der Waals surface area (Å²) >= 11 is 0.977. The Hall–Kier alpha value is -3.54. The minimum Gasteiger partial charge on any atom is -0.487 e. The summed E-state index contributed by atoms with van der Waals surface area (Å²) in [5.41, 5.74) is -1.85. The number of halogens is 4. The Bertz CT molecular complexity index is 1130. The molecular formula is C19H13F4N3O4S. The summed E-state index contributed by atoms with van der Waals surface area (Å²) in [4.78, 5) is 27.0. The number of thiazole rings is 1. The van der Waals surface area contributed by atoms with Crippen LogP contribution in [0, 0.1) is 15.9 Å². The summed E-state index contributed by atoms with van der Waals surface area (Å²) in [6.07, 6.45) is -4.87. The van der Waals surface area contributed by atoms with E-state index in [2.05, 4.69) is 4.98 Å². The van der Waals surface area contributed by atoms with E-state index < -0.39 is 46.4 Å². The lowest BCUT2D eigenvalue weighted by molar-refractivity contribution is -0.385. The number of para-hydroxylation sites is 1. The quantitative estimate of drug-likeness (QED) is 0.279. The number of non-ortho nitro benzene ring substituents is 1. The van der Waals surface area contributed by atoms with Gasteiger partial charge in [-0.15, -0.1) is 11.3 Å². The molecule has 0 aliphatic carbocycles. The van der Waals surface area contributed by atoms with E-state index in [-0.39, 0.29) is 16.5 Å². The normalized spacial score (nSPS) is 11.3. The first kappa shape index (κ1) is 22.2. The third-order valence-corrected chi connectivity index (χ3v) is 4.87. The van der Waals surface area contributed by atoms with Gasteiger partial charge < -0.3 is 4.74 Å². The van der Waals surface area contributed by atoms with Gasteiger partial charge in [-0.2, -0.15) is 13.2 Å². The Morgan fingerprint density at radius 2 is 1.97 bits per heavy atom. The van der Waals surface area contributed by atoms with Gasteiger partial charge in [0.1, 0.15) is 23.7 Å². The molecule has 0 spiro atoms. The van der Waals surface area contributed by atoms with Crippen molar-refractivity contribution in [3.05, 3.63) is 75.0 Å². The molecule has 3 rings (SSSR count). The number of benzene rings is 2. The Morgan fingerprint density at radius 3 is 2.58 bits per heavy atom. The predicted octanol–water partition coefficient (Wildman–Crippen LogP) is 5.47. The van der Waals surface area contributed by atoms with Crippen LogP contribution in [0.5, 0.6) is 5.75 Å². The molecule has 0 unspecified atom stereocenters. The number of hydrogen-bond acceptors (Lipinski definition) is 6. The largest absolute Gasteiger partial charge is 0.487 e. The molecule has 0 radical (unpaired) electrons. The van der Waals surface area contributed by atoms with Gasteiger partial charge in [0.05, 0.1) is 16.3 Å². The van der Waals surface area contributed by atoms with Crippen molar-refractivity contribution in [2.75, 3.05) is 4.90 Å². The van der Waals surface area contributed by atoms with E-state index in [1.54, 1.807) is 6.07 Å². The standard InChI is InChI=1S/C19H13F4N3O4S/c1-11(27)25(16-5-3-2-4-15(16)20)18-24-12(10-31-18)9-30-17-7-6-13(26(28)29)8-14(17)19(21,22)23/h2-8,10H,9H2,1H3.